The summed E-state index contributed by atoms with van der Waals surface area (Å²) in [6, 6.07) is 0. The third kappa shape index (κ3) is 2.45. The van der Waals surface area contributed by atoms with E-state index in [0.717, 1.165) is 24.0 Å². The molecule has 1 rings (SSSR count). The second-order valence-electron chi connectivity index (χ2n) is 5.85. The van der Waals surface area contributed by atoms with E-state index in [2.05, 4.69) is 27.7 Å². The largest absolute Gasteiger partial charge is 0.289 e. The predicted octanol–water partition coefficient (Wildman–Crippen LogP) is 4.29. The van der Waals surface area contributed by atoms with Crippen molar-refractivity contribution in [2.75, 3.05) is 0 Å². The van der Waals surface area contributed by atoms with E-state index in [0.29, 0.717) is 5.92 Å². The fourth-order valence-corrected chi connectivity index (χ4v) is 3.08. The van der Waals surface area contributed by atoms with E-state index in [4.69, 9.17) is 0 Å². The van der Waals surface area contributed by atoms with E-state index in [-0.39, 0.29) is 11.2 Å². The molecule has 1 aliphatic carbocycles. The molecule has 16 heavy (non-hydrogen) atoms. The van der Waals surface area contributed by atoms with Gasteiger partial charge in [0.2, 0.25) is 0 Å². The van der Waals surface area contributed by atoms with Gasteiger partial charge in [0, 0.05) is 5.57 Å². The number of rotatable bonds is 2. The highest BCUT2D eigenvalue weighted by atomic mass is 16.1. The van der Waals surface area contributed by atoms with Gasteiger partial charge < -0.3 is 0 Å². The quantitative estimate of drug-likeness (QED) is 0.634. The summed E-state index contributed by atoms with van der Waals surface area (Å²) in [4.78, 5) is 12.3. The summed E-state index contributed by atoms with van der Waals surface area (Å²) in [6.45, 7) is 12.6. The first-order chi connectivity index (χ1) is 7.29. The number of carbonyl (C=O) groups excluding carboxylic acids is 1. The van der Waals surface area contributed by atoms with Gasteiger partial charge in [-0.2, -0.15) is 0 Å². The molecule has 0 amide bonds. The van der Waals surface area contributed by atoms with Crippen LogP contribution in [-0.4, -0.2) is 5.78 Å². The fourth-order valence-electron chi connectivity index (χ4n) is 3.08. The van der Waals surface area contributed by atoms with Crippen LogP contribution in [0, 0.1) is 11.3 Å². The third-order valence-corrected chi connectivity index (χ3v) is 3.64. The molecule has 1 atom stereocenters. The van der Waals surface area contributed by atoms with Crippen LogP contribution in [0.5, 0.6) is 0 Å². The summed E-state index contributed by atoms with van der Waals surface area (Å²) in [5, 5.41) is 0. The lowest BCUT2D eigenvalue weighted by molar-refractivity contribution is -0.113. The molecule has 0 N–H and O–H groups in total. The minimum absolute atomic E-state index is 0.0309. The topological polar surface area (TPSA) is 17.1 Å². The Balaban J connectivity index is 3.19. The summed E-state index contributed by atoms with van der Waals surface area (Å²) in [7, 11) is 0. The molecule has 0 aliphatic heterocycles. The number of allylic oxidation sites excluding steroid dienone is 4. The fraction of sp³-hybridized carbons (Fsp3) is 0.667. The first-order valence-corrected chi connectivity index (χ1v) is 6.17. The molecule has 0 unspecified atom stereocenters. The van der Waals surface area contributed by atoms with Crippen LogP contribution >= 0.6 is 0 Å². The molecule has 0 saturated heterocycles. The molecule has 1 heteroatoms. The van der Waals surface area contributed by atoms with Gasteiger partial charge in [-0.25, -0.2) is 0 Å². The first-order valence-electron chi connectivity index (χ1n) is 6.17. The zero-order valence-corrected chi connectivity index (χ0v) is 11.5. The van der Waals surface area contributed by atoms with Crippen LogP contribution < -0.4 is 0 Å². The van der Waals surface area contributed by atoms with Gasteiger partial charge in [-0.1, -0.05) is 32.4 Å². The van der Waals surface area contributed by atoms with Gasteiger partial charge in [0.1, 0.15) is 0 Å². The number of ketones is 1. The van der Waals surface area contributed by atoms with Crippen molar-refractivity contribution in [3.8, 4) is 0 Å². The Kier molecular flexibility index (Phi) is 3.77. The third-order valence-electron chi connectivity index (χ3n) is 3.64. The van der Waals surface area contributed by atoms with Crippen molar-refractivity contribution in [2.24, 2.45) is 11.3 Å². The van der Waals surface area contributed by atoms with Crippen molar-refractivity contribution in [1.29, 1.82) is 0 Å². The molecule has 0 aromatic heterocycles. The van der Waals surface area contributed by atoms with Crippen LogP contribution in [-0.2, 0) is 4.79 Å². The van der Waals surface area contributed by atoms with Crippen LogP contribution in [0.1, 0.15) is 54.4 Å². The average molecular weight is 220 g/mol. The maximum Gasteiger partial charge on any atom is 0.184 e. The average Bonchev–Trinajstić information content (AvgIpc) is 2.13. The van der Waals surface area contributed by atoms with E-state index >= 15 is 0 Å². The molecule has 0 aromatic carbocycles. The normalized spacial score (nSPS) is 25.9. The van der Waals surface area contributed by atoms with E-state index in [1.165, 1.54) is 5.57 Å². The van der Waals surface area contributed by atoms with Gasteiger partial charge in [0.05, 0.1) is 0 Å². The number of hydrogen-bond donors (Lipinski definition) is 0. The molecule has 0 heterocycles. The highest BCUT2D eigenvalue weighted by Crippen LogP contribution is 2.43. The van der Waals surface area contributed by atoms with Crippen LogP contribution in [0.3, 0.4) is 0 Å². The summed E-state index contributed by atoms with van der Waals surface area (Å²) in [5.41, 5.74) is 3.25. The van der Waals surface area contributed by atoms with Crippen molar-refractivity contribution >= 4 is 5.78 Å². The Morgan fingerprint density at radius 3 is 2.44 bits per heavy atom. The lowest BCUT2D eigenvalue weighted by Crippen LogP contribution is -2.29. The highest BCUT2D eigenvalue weighted by Gasteiger charge is 2.35. The Labute approximate surface area is 99.6 Å². The van der Waals surface area contributed by atoms with Crippen molar-refractivity contribution in [2.45, 2.75) is 54.4 Å². The molecule has 1 aliphatic rings. The highest BCUT2D eigenvalue weighted by molar-refractivity contribution is 6.09. The molecular formula is C15H24O. The smallest absolute Gasteiger partial charge is 0.184 e. The van der Waals surface area contributed by atoms with Crippen LogP contribution in [0.15, 0.2) is 22.8 Å². The van der Waals surface area contributed by atoms with Gasteiger partial charge in [-0.15, -0.1) is 0 Å². The molecule has 0 bridgehead atoms. The summed E-state index contributed by atoms with van der Waals surface area (Å²) in [5.74, 6) is 0.939. The molecule has 0 spiro atoms. The SMILES string of the molecule is C/C=C(\C)C(=O)C1=C(C)C[C@H](C)CC1(C)C. The van der Waals surface area contributed by atoms with Crippen LogP contribution in [0.4, 0.5) is 0 Å². The minimum Gasteiger partial charge on any atom is -0.289 e. The van der Waals surface area contributed by atoms with E-state index in [1.54, 1.807) is 0 Å². The van der Waals surface area contributed by atoms with Crippen molar-refractivity contribution in [3.63, 3.8) is 0 Å². The number of carbonyl (C=O) groups is 1. The Morgan fingerprint density at radius 1 is 1.44 bits per heavy atom. The molecule has 90 valence electrons. The monoisotopic (exact) mass is 220 g/mol. The molecular weight excluding hydrogens is 196 g/mol. The van der Waals surface area contributed by atoms with Gasteiger partial charge >= 0.3 is 0 Å². The number of hydrogen-bond acceptors (Lipinski definition) is 1. The molecule has 1 nitrogen and oxygen atoms in total. The van der Waals surface area contributed by atoms with E-state index in [9.17, 15) is 4.79 Å². The first kappa shape index (κ1) is 13.2. The van der Waals surface area contributed by atoms with Gasteiger partial charge in [-0.3, -0.25) is 4.79 Å². The van der Waals surface area contributed by atoms with E-state index in [1.807, 2.05) is 19.9 Å². The van der Waals surface area contributed by atoms with Gasteiger partial charge in [0.25, 0.3) is 0 Å². The lowest BCUT2D eigenvalue weighted by atomic mass is 9.67. The Morgan fingerprint density at radius 2 is 2.00 bits per heavy atom. The Hall–Kier alpha value is -0.850. The molecule has 0 fully saturated rings. The van der Waals surface area contributed by atoms with Crippen molar-refractivity contribution in [1.82, 2.24) is 0 Å². The summed E-state index contributed by atoms with van der Waals surface area (Å²) in [6.07, 6.45) is 4.10. The van der Waals surface area contributed by atoms with Crippen molar-refractivity contribution < 1.29 is 4.79 Å². The zero-order valence-electron chi connectivity index (χ0n) is 11.5. The maximum atomic E-state index is 12.3. The van der Waals surface area contributed by atoms with Gasteiger partial charge in [0.15, 0.2) is 5.78 Å². The molecule has 0 saturated carbocycles. The predicted molar refractivity (Wildman–Crippen MR) is 69.3 cm³/mol. The molecule has 0 radical (unpaired) electrons. The second kappa shape index (κ2) is 4.57. The standard InChI is InChI=1S/C15H24O/c1-7-11(3)14(16)13-12(4)8-10(2)9-15(13,5)6/h7,10H,8-9H2,1-6H3/b11-7+/t10-/m0/s1. The van der Waals surface area contributed by atoms with Gasteiger partial charge in [-0.05, 0) is 50.5 Å². The maximum absolute atomic E-state index is 12.3. The number of Topliss-reactive ketones (excluding diaryl/α,β-unsaturated/α-hetero) is 1. The lowest BCUT2D eigenvalue weighted by Gasteiger charge is -2.37. The molecule has 0 aromatic rings. The zero-order chi connectivity index (χ0) is 12.5. The van der Waals surface area contributed by atoms with Crippen LogP contribution in [0.25, 0.3) is 0 Å². The van der Waals surface area contributed by atoms with Crippen LogP contribution in [0.2, 0.25) is 0 Å². The minimum atomic E-state index is 0.0309. The Bertz CT molecular complexity index is 356. The van der Waals surface area contributed by atoms with E-state index < -0.39 is 0 Å². The second-order valence-corrected chi connectivity index (χ2v) is 5.85. The summed E-state index contributed by atoms with van der Waals surface area (Å²) >= 11 is 0. The van der Waals surface area contributed by atoms with Crippen molar-refractivity contribution in [3.05, 3.63) is 22.8 Å². The summed E-state index contributed by atoms with van der Waals surface area (Å²) < 4.78 is 0.